The second-order valence-electron chi connectivity index (χ2n) is 6.68. The van der Waals surface area contributed by atoms with Crippen LogP contribution in [0.2, 0.25) is 0 Å². The van der Waals surface area contributed by atoms with E-state index < -0.39 is 0 Å². The summed E-state index contributed by atoms with van der Waals surface area (Å²) in [6, 6.07) is 9.44. The van der Waals surface area contributed by atoms with E-state index >= 15 is 0 Å². The van der Waals surface area contributed by atoms with Gasteiger partial charge in [0.2, 0.25) is 0 Å². The Balaban J connectivity index is 2.14. The van der Waals surface area contributed by atoms with Gasteiger partial charge in [0.05, 0.1) is 12.1 Å². The lowest BCUT2D eigenvalue weighted by atomic mass is 9.93. The first kappa shape index (κ1) is 16.5. The molecule has 21 heavy (non-hydrogen) atoms. The van der Waals surface area contributed by atoms with Gasteiger partial charge in [-0.3, -0.25) is 0 Å². The van der Waals surface area contributed by atoms with Gasteiger partial charge in [0.15, 0.2) is 0 Å². The fourth-order valence-corrected chi connectivity index (χ4v) is 3.18. The van der Waals surface area contributed by atoms with E-state index in [1.54, 1.807) is 0 Å². The van der Waals surface area contributed by atoms with E-state index in [2.05, 4.69) is 50.4 Å². The molecule has 0 aliphatic carbocycles. The summed E-state index contributed by atoms with van der Waals surface area (Å²) in [6.07, 6.45) is 6.33. The van der Waals surface area contributed by atoms with E-state index in [4.69, 9.17) is 4.74 Å². The molecule has 0 amide bonds. The molecular weight excluding hydrogens is 258 g/mol. The molecule has 1 saturated heterocycles. The van der Waals surface area contributed by atoms with Crippen molar-refractivity contribution in [3.63, 3.8) is 0 Å². The van der Waals surface area contributed by atoms with Gasteiger partial charge in [0.25, 0.3) is 0 Å². The number of nitrogens with one attached hydrogen (secondary N) is 1. The first-order chi connectivity index (χ1) is 10.2. The van der Waals surface area contributed by atoms with Crippen molar-refractivity contribution < 1.29 is 4.74 Å². The smallest absolute Gasteiger partial charge is 0.0769 e. The normalized spacial score (nSPS) is 20.7. The van der Waals surface area contributed by atoms with Gasteiger partial charge in [-0.25, -0.2) is 0 Å². The van der Waals surface area contributed by atoms with Crippen molar-refractivity contribution in [2.75, 3.05) is 13.2 Å². The van der Waals surface area contributed by atoms with Gasteiger partial charge in [0.1, 0.15) is 0 Å². The lowest BCUT2D eigenvalue weighted by Crippen LogP contribution is -2.36. The van der Waals surface area contributed by atoms with E-state index in [0.717, 1.165) is 26.0 Å². The SMILES string of the molecule is CCCNC(c1cccc(CC(C)C)c1)C1CCCCO1. The van der Waals surface area contributed by atoms with Crippen LogP contribution in [0.15, 0.2) is 24.3 Å². The summed E-state index contributed by atoms with van der Waals surface area (Å²) in [6.45, 7) is 8.76. The Morgan fingerprint density at radius 3 is 2.81 bits per heavy atom. The van der Waals surface area contributed by atoms with Crippen LogP contribution < -0.4 is 5.32 Å². The predicted octanol–water partition coefficient (Wildman–Crippen LogP) is 4.49. The molecule has 1 N–H and O–H groups in total. The molecule has 0 saturated carbocycles. The molecule has 1 heterocycles. The Hall–Kier alpha value is -0.860. The average Bonchev–Trinajstić information content (AvgIpc) is 2.48. The highest BCUT2D eigenvalue weighted by Crippen LogP contribution is 2.27. The minimum absolute atomic E-state index is 0.333. The number of benzene rings is 1. The third-order valence-electron chi connectivity index (χ3n) is 4.16. The van der Waals surface area contributed by atoms with Crippen LogP contribution >= 0.6 is 0 Å². The molecule has 1 aromatic carbocycles. The van der Waals surface area contributed by atoms with Crippen LogP contribution in [0.3, 0.4) is 0 Å². The van der Waals surface area contributed by atoms with Crippen LogP contribution in [-0.2, 0) is 11.2 Å². The summed E-state index contributed by atoms with van der Waals surface area (Å²) in [5.74, 6) is 0.702. The summed E-state index contributed by atoms with van der Waals surface area (Å²) < 4.78 is 6.05. The van der Waals surface area contributed by atoms with E-state index in [9.17, 15) is 0 Å². The lowest BCUT2D eigenvalue weighted by molar-refractivity contribution is -0.00816. The Morgan fingerprint density at radius 1 is 1.29 bits per heavy atom. The zero-order chi connectivity index (χ0) is 15.1. The zero-order valence-corrected chi connectivity index (χ0v) is 13.9. The maximum atomic E-state index is 6.05. The molecule has 0 bridgehead atoms. The minimum Gasteiger partial charge on any atom is -0.376 e. The second-order valence-corrected chi connectivity index (χ2v) is 6.68. The van der Waals surface area contributed by atoms with Crippen molar-refractivity contribution in [1.29, 1.82) is 0 Å². The van der Waals surface area contributed by atoms with E-state index in [-0.39, 0.29) is 0 Å². The van der Waals surface area contributed by atoms with Gasteiger partial charge in [-0.15, -0.1) is 0 Å². The van der Waals surface area contributed by atoms with Crippen LogP contribution in [0, 0.1) is 5.92 Å². The quantitative estimate of drug-likeness (QED) is 0.798. The van der Waals surface area contributed by atoms with Gasteiger partial charge in [-0.2, -0.15) is 0 Å². The number of hydrogen-bond acceptors (Lipinski definition) is 2. The van der Waals surface area contributed by atoms with E-state index in [1.165, 1.54) is 30.4 Å². The molecule has 2 atom stereocenters. The minimum atomic E-state index is 0.333. The number of ether oxygens (including phenoxy) is 1. The van der Waals surface area contributed by atoms with Crippen molar-refractivity contribution in [2.24, 2.45) is 5.92 Å². The molecule has 1 aliphatic heterocycles. The fraction of sp³-hybridized carbons (Fsp3) is 0.684. The molecule has 118 valence electrons. The molecule has 1 aromatic rings. The number of hydrogen-bond donors (Lipinski definition) is 1. The highest BCUT2D eigenvalue weighted by Gasteiger charge is 2.25. The first-order valence-corrected chi connectivity index (χ1v) is 8.64. The fourth-order valence-electron chi connectivity index (χ4n) is 3.18. The zero-order valence-electron chi connectivity index (χ0n) is 13.9. The average molecular weight is 289 g/mol. The molecule has 2 rings (SSSR count). The Morgan fingerprint density at radius 2 is 2.14 bits per heavy atom. The predicted molar refractivity (Wildman–Crippen MR) is 89.6 cm³/mol. The number of rotatable bonds is 7. The molecule has 2 unspecified atom stereocenters. The monoisotopic (exact) mass is 289 g/mol. The molecule has 1 fully saturated rings. The Bertz CT molecular complexity index is 410. The van der Waals surface area contributed by atoms with Gasteiger partial charge in [-0.05, 0) is 55.7 Å². The summed E-state index contributed by atoms with van der Waals surface area (Å²) in [5, 5.41) is 3.71. The third-order valence-corrected chi connectivity index (χ3v) is 4.16. The second kappa shape index (κ2) is 8.55. The van der Waals surface area contributed by atoms with Crippen molar-refractivity contribution in [3.05, 3.63) is 35.4 Å². The van der Waals surface area contributed by atoms with Crippen LogP contribution in [0.5, 0.6) is 0 Å². The van der Waals surface area contributed by atoms with Crippen LogP contribution in [-0.4, -0.2) is 19.3 Å². The molecular formula is C19H31NO. The maximum Gasteiger partial charge on any atom is 0.0769 e. The van der Waals surface area contributed by atoms with Crippen molar-refractivity contribution >= 4 is 0 Å². The third kappa shape index (κ3) is 5.12. The standard InChI is InChI=1S/C19H31NO/c1-4-11-20-19(18-10-5-6-12-21-18)17-9-7-8-16(14-17)13-15(2)3/h7-9,14-15,18-20H,4-6,10-13H2,1-3H3. The Labute approximate surface area is 130 Å². The van der Waals surface area contributed by atoms with Crippen molar-refractivity contribution in [1.82, 2.24) is 5.32 Å². The molecule has 0 spiro atoms. The largest absolute Gasteiger partial charge is 0.376 e. The van der Waals surface area contributed by atoms with E-state index in [0.29, 0.717) is 18.1 Å². The van der Waals surface area contributed by atoms with Crippen LogP contribution in [0.1, 0.15) is 63.6 Å². The van der Waals surface area contributed by atoms with Crippen LogP contribution in [0.25, 0.3) is 0 Å². The van der Waals surface area contributed by atoms with Gasteiger partial charge >= 0.3 is 0 Å². The summed E-state index contributed by atoms with van der Waals surface area (Å²) in [5.41, 5.74) is 2.84. The van der Waals surface area contributed by atoms with Crippen molar-refractivity contribution in [2.45, 2.75) is 65.0 Å². The topological polar surface area (TPSA) is 21.3 Å². The highest BCUT2D eigenvalue weighted by molar-refractivity contribution is 5.27. The van der Waals surface area contributed by atoms with Crippen LogP contribution in [0.4, 0.5) is 0 Å². The van der Waals surface area contributed by atoms with Crippen molar-refractivity contribution in [3.8, 4) is 0 Å². The molecule has 2 nitrogen and oxygen atoms in total. The van der Waals surface area contributed by atoms with E-state index in [1.807, 2.05) is 0 Å². The molecule has 0 aromatic heterocycles. The van der Waals surface area contributed by atoms with Gasteiger partial charge in [-0.1, -0.05) is 45.0 Å². The summed E-state index contributed by atoms with van der Waals surface area (Å²) in [4.78, 5) is 0. The lowest BCUT2D eigenvalue weighted by Gasteiger charge is -2.32. The van der Waals surface area contributed by atoms with Gasteiger partial charge in [0, 0.05) is 6.61 Å². The summed E-state index contributed by atoms with van der Waals surface area (Å²) in [7, 11) is 0. The summed E-state index contributed by atoms with van der Waals surface area (Å²) >= 11 is 0. The van der Waals surface area contributed by atoms with Gasteiger partial charge < -0.3 is 10.1 Å². The maximum absolute atomic E-state index is 6.05. The Kier molecular flexibility index (Phi) is 6.72. The molecule has 0 radical (unpaired) electrons. The molecule has 2 heteroatoms. The first-order valence-electron chi connectivity index (χ1n) is 8.64. The molecule has 1 aliphatic rings. The highest BCUT2D eigenvalue weighted by atomic mass is 16.5.